The zero-order chi connectivity index (χ0) is 11.4. The maximum atomic E-state index is 9.35. The third kappa shape index (κ3) is 2.35. The van der Waals surface area contributed by atoms with Crippen LogP contribution in [0.5, 0.6) is 0 Å². The maximum absolute atomic E-state index is 9.35. The second kappa shape index (κ2) is 5.30. The average molecular weight is 220 g/mol. The summed E-state index contributed by atoms with van der Waals surface area (Å²) in [5.41, 5.74) is 2.10. The summed E-state index contributed by atoms with van der Waals surface area (Å²) in [4.78, 5) is 6.58. The molecule has 2 heterocycles. The molecule has 0 aromatic carbocycles. The summed E-state index contributed by atoms with van der Waals surface area (Å²) in [7, 11) is 0. The first kappa shape index (κ1) is 11.4. The molecule has 88 valence electrons. The van der Waals surface area contributed by atoms with Crippen molar-refractivity contribution in [1.82, 2.24) is 4.98 Å². The Kier molecular flexibility index (Phi) is 3.78. The smallest absolute Gasteiger partial charge is 0.0703 e. The Labute approximate surface area is 97.1 Å². The van der Waals surface area contributed by atoms with E-state index in [4.69, 9.17) is 0 Å². The minimum Gasteiger partial charge on any atom is -0.392 e. The molecule has 1 unspecified atom stereocenters. The van der Waals surface area contributed by atoms with Crippen molar-refractivity contribution in [3.63, 3.8) is 0 Å². The van der Waals surface area contributed by atoms with E-state index in [1.807, 2.05) is 12.3 Å². The monoisotopic (exact) mass is 220 g/mol. The van der Waals surface area contributed by atoms with Gasteiger partial charge in [0, 0.05) is 24.3 Å². The van der Waals surface area contributed by atoms with Crippen LogP contribution < -0.4 is 4.90 Å². The fourth-order valence-corrected chi connectivity index (χ4v) is 2.44. The van der Waals surface area contributed by atoms with Gasteiger partial charge in [0.15, 0.2) is 0 Å². The molecule has 1 fully saturated rings. The molecule has 0 spiro atoms. The number of hydrogen-bond donors (Lipinski definition) is 1. The summed E-state index contributed by atoms with van der Waals surface area (Å²) in [6, 6.07) is 2.46. The van der Waals surface area contributed by atoms with Crippen LogP contribution in [0, 0.1) is 0 Å². The van der Waals surface area contributed by atoms with E-state index in [2.05, 4.69) is 16.8 Å². The van der Waals surface area contributed by atoms with E-state index in [0.29, 0.717) is 6.04 Å². The van der Waals surface area contributed by atoms with E-state index in [0.717, 1.165) is 17.8 Å². The fourth-order valence-electron chi connectivity index (χ4n) is 2.44. The van der Waals surface area contributed by atoms with Gasteiger partial charge in [0.25, 0.3) is 0 Å². The minimum absolute atomic E-state index is 0.0983. The van der Waals surface area contributed by atoms with E-state index >= 15 is 0 Å². The van der Waals surface area contributed by atoms with Gasteiger partial charge in [-0.25, -0.2) is 0 Å². The number of nitrogens with zero attached hydrogens (tertiary/aromatic N) is 2. The van der Waals surface area contributed by atoms with Gasteiger partial charge in [-0.2, -0.15) is 0 Å². The van der Waals surface area contributed by atoms with Crippen LogP contribution in [-0.4, -0.2) is 22.7 Å². The molecule has 1 aliphatic heterocycles. The molecule has 1 aliphatic rings. The van der Waals surface area contributed by atoms with Crippen LogP contribution >= 0.6 is 0 Å². The molecule has 3 nitrogen and oxygen atoms in total. The lowest BCUT2D eigenvalue weighted by atomic mass is 10.1. The molecular weight excluding hydrogens is 200 g/mol. The number of aliphatic hydroxyl groups is 1. The molecule has 0 saturated carbocycles. The Hall–Kier alpha value is -1.09. The van der Waals surface area contributed by atoms with Gasteiger partial charge < -0.3 is 10.0 Å². The van der Waals surface area contributed by atoms with Crippen LogP contribution in [0.3, 0.4) is 0 Å². The van der Waals surface area contributed by atoms with Crippen molar-refractivity contribution in [1.29, 1.82) is 0 Å². The molecule has 1 N–H and O–H groups in total. The lowest BCUT2D eigenvalue weighted by molar-refractivity contribution is 0.281. The van der Waals surface area contributed by atoms with Crippen LogP contribution in [0.15, 0.2) is 18.5 Å². The largest absolute Gasteiger partial charge is 0.392 e. The minimum atomic E-state index is 0.0983. The lowest BCUT2D eigenvalue weighted by Crippen LogP contribution is -2.33. The highest BCUT2D eigenvalue weighted by molar-refractivity contribution is 5.52. The van der Waals surface area contributed by atoms with Crippen LogP contribution in [0.2, 0.25) is 0 Å². The Morgan fingerprint density at radius 3 is 3.12 bits per heavy atom. The molecule has 0 radical (unpaired) electrons. The van der Waals surface area contributed by atoms with E-state index in [-0.39, 0.29) is 6.61 Å². The quantitative estimate of drug-likeness (QED) is 0.831. The summed E-state index contributed by atoms with van der Waals surface area (Å²) in [6.45, 7) is 3.44. The van der Waals surface area contributed by atoms with E-state index < -0.39 is 0 Å². The highest BCUT2D eigenvalue weighted by atomic mass is 16.3. The van der Waals surface area contributed by atoms with Crippen molar-refractivity contribution in [2.24, 2.45) is 0 Å². The molecule has 3 heteroatoms. The topological polar surface area (TPSA) is 36.4 Å². The molecule has 2 rings (SSSR count). The van der Waals surface area contributed by atoms with Crippen molar-refractivity contribution < 1.29 is 5.11 Å². The van der Waals surface area contributed by atoms with Crippen molar-refractivity contribution in [2.75, 3.05) is 11.4 Å². The molecule has 1 aromatic rings. The van der Waals surface area contributed by atoms with E-state index in [1.54, 1.807) is 6.20 Å². The van der Waals surface area contributed by atoms with Crippen LogP contribution in [0.1, 0.15) is 38.2 Å². The first-order chi connectivity index (χ1) is 7.83. The predicted molar refractivity (Wildman–Crippen MR) is 65.4 cm³/mol. The number of hydrogen-bond acceptors (Lipinski definition) is 3. The molecule has 0 aliphatic carbocycles. The Balaban J connectivity index is 2.26. The number of pyridine rings is 1. The van der Waals surface area contributed by atoms with Gasteiger partial charge in [0.1, 0.15) is 0 Å². The standard InChI is InChI=1S/C13H20N2O/c1-11-5-3-2-4-8-15(11)13-9-14-7-6-12(13)10-16/h6-7,9,11,16H,2-5,8,10H2,1H3. The average Bonchev–Trinajstić information content (AvgIpc) is 2.54. The zero-order valence-corrected chi connectivity index (χ0v) is 9.89. The zero-order valence-electron chi connectivity index (χ0n) is 9.89. The van der Waals surface area contributed by atoms with Gasteiger partial charge in [-0.15, -0.1) is 0 Å². The summed E-state index contributed by atoms with van der Waals surface area (Å²) in [5.74, 6) is 0. The first-order valence-corrected chi connectivity index (χ1v) is 6.13. The SMILES string of the molecule is CC1CCCCCN1c1cnccc1CO. The number of anilines is 1. The fraction of sp³-hybridized carbons (Fsp3) is 0.615. The van der Waals surface area contributed by atoms with Crippen molar-refractivity contribution in [3.8, 4) is 0 Å². The number of aromatic nitrogens is 1. The van der Waals surface area contributed by atoms with Gasteiger partial charge in [-0.1, -0.05) is 12.8 Å². The van der Waals surface area contributed by atoms with Crippen molar-refractivity contribution in [2.45, 2.75) is 45.3 Å². The summed E-state index contributed by atoms with van der Waals surface area (Å²) in [5, 5.41) is 9.35. The molecule has 1 aromatic heterocycles. The predicted octanol–water partition coefficient (Wildman–Crippen LogP) is 2.34. The van der Waals surface area contributed by atoms with E-state index in [1.165, 1.54) is 25.7 Å². The van der Waals surface area contributed by atoms with Gasteiger partial charge in [-0.05, 0) is 25.8 Å². The van der Waals surface area contributed by atoms with Gasteiger partial charge in [0.2, 0.25) is 0 Å². The van der Waals surface area contributed by atoms with E-state index in [9.17, 15) is 5.11 Å². The molecule has 1 atom stereocenters. The van der Waals surface area contributed by atoms with Crippen LogP contribution in [0.4, 0.5) is 5.69 Å². The highest BCUT2D eigenvalue weighted by Crippen LogP contribution is 2.26. The van der Waals surface area contributed by atoms with Gasteiger partial charge >= 0.3 is 0 Å². The highest BCUT2D eigenvalue weighted by Gasteiger charge is 2.19. The Morgan fingerprint density at radius 2 is 2.31 bits per heavy atom. The van der Waals surface area contributed by atoms with Gasteiger partial charge in [-0.3, -0.25) is 4.98 Å². The molecule has 1 saturated heterocycles. The van der Waals surface area contributed by atoms with Crippen LogP contribution in [0.25, 0.3) is 0 Å². The third-order valence-corrected chi connectivity index (χ3v) is 3.42. The lowest BCUT2D eigenvalue weighted by Gasteiger charge is -2.30. The summed E-state index contributed by atoms with van der Waals surface area (Å²) in [6.07, 6.45) is 8.73. The van der Waals surface area contributed by atoms with Crippen LogP contribution in [-0.2, 0) is 6.61 Å². The number of rotatable bonds is 2. The maximum Gasteiger partial charge on any atom is 0.0703 e. The van der Waals surface area contributed by atoms with Gasteiger partial charge in [0.05, 0.1) is 18.5 Å². The third-order valence-electron chi connectivity index (χ3n) is 3.42. The molecule has 0 amide bonds. The first-order valence-electron chi connectivity index (χ1n) is 6.13. The Morgan fingerprint density at radius 1 is 1.44 bits per heavy atom. The van der Waals surface area contributed by atoms with Crippen molar-refractivity contribution >= 4 is 5.69 Å². The molecular formula is C13H20N2O. The second-order valence-electron chi connectivity index (χ2n) is 4.55. The normalized spacial score (nSPS) is 21.9. The summed E-state index contributed by atoms with van der Waals surface area (Å²) >= 11 is 0. The summed E-state index contributed by atoms with van der Waals surface area (Å²) < 4.78 is 0. The molecule has 16 heavy (non-hydrogen) atoms. The Bertz CT molecular complexity index is 340. The number of aliphatic hydroxyl groups excluding tert-OH is 1. The second-order valence-corrected chi connectivity index (χ2v) is 4.55. The molecule has 0 bridgehead atoms. The van der Waals surface area contributed by atoms with Crippen molar-refractivity contribution in [3.05, 3.63) is 24.0 Å².